The largest absolute Gasteiger partial charge is 0.383 e. The fraction of sp³-hybridized carbons (Fsp3) is 0.167. The lowest BCUT2D eigenvalue weighted by Crippen LogP contribution is -1.99. The predicted octanol–water partition coefficient (Wildman–Crippen LogP) is 4.80. The maximum absolute atomic E-state index is 13.4. The summed E-state index contributed by atoms with van der Waals surface area (Å²) in [7, 11) is 0. The summed E-state index contributed by atoms with van der Waals surface area (Å²) in [5.74, 6) is -0.367. The highest BCUT2D eigenvalue weighted by atomic mass is 79.9. The number of hydrogen-bond donors (Lipinski definition) is 1. The number of aryl methyl sites for hydroxylation is 1. The normalized spacial score (nSPS) is 12.8. The van der Waals surface area contributed by atoms with Crippen molar-refractivity contribution in [2.24, 2.45) is 0 Å². The zero-order chi connectivity index (χ0) is 12.6. The number of thiophene rings is 1. The van der Waals surface area contributed by atoms with Gasteiger partial charge in [0.2, 0.25) is 0 Å². The topological polar surface area (TPSA) is 20.2 Å². The van der Waals surface area contributed by atoms with E-state index in [-0.39, 0.29) is 5.82 Å². The molecular formula is C12H9Br2FOS. The SMILES string of the molecule is Cc1sc(C(O)c2cccc(F)c2Br)cc1Br. The molecule has 0 spiro atoms. The molecule has 1 aromatic carbocycles. The highest BCUT2D eigenvalue weighted by molar-refractivity contribution is 9.10. The Labute approximate surface area is 120 Å². The summed E-state index contributed by atoms with van der Waals surface area (Å²) in [4.78, 5) is 1.88. The summed E-state index contributed by atoms with van der Waals surface area (Å²) in [6.07, 6.45) is -0.810. The summed E-state index contributed by atoms with van der Waals surface area (Å²) < 4.78 is 14.7. The van der Waals surface area contributed by atoms with Crippen LogP contribution >= 0.6 is 43.2 Å². The molecule has 0 aliphatic carbocycles. The number of rotatable bonds is 2. The van der Waals surface area contributed by atoms with Gasteiger partial charge in [-0.15, -0.1) is 11.3 Å². The van der Waals surface area contributed by atoms with E-state index in [9.17, 15) is 9.50 Å². The van der Waals surface area contributed by atoms with Crippen LogP contribution in [0.4, 0.5) is 4.39 Å². The third-order valence-corrected chi connectivity index (χ3v) is 5.45. The van der Waals surface area contributed by atoms with Crippen molar-refractivity contribution in [3.05, 3.63) is 54.3 Å². The standard InChI is InChI=1S/C12H9Br2FOS/c1-6-8(13)5-10(17-6)12(16)7-3-2-4-9(15)11(7)14/h2-5,12,16H,1H3. The van der Waals surface area contributed by atoms with Crippen LogP contribution in [0.3, 0.4) is 0 Å². The van der Waals surface area contributed by atoms with Crippen molar-refractivity contribution in [2.45, 2.75) is 13.0 Å². The predicted molar refractivity (Wildman–Crippen MR) is 74.9 cm³/mol. The molecule has 1 N–H and O–H groups in total. The lowest BCUT2D eigenvalue weighted by atomic mass is 10.1. The van der Waals surface area contributed by atoms with E-state index >= 15 is 0 Å². The fourth-order valence-electron chi connectivity index (χ4n) is 1.50. The van der Waals surface area contributed by atoms with E-state index in [0.29, 0.717) is 10.0 Å². The first-order valence-electron chi connectivity index (χ1n) is 4.88. The van der Waals surface area contributed by atoms with Gasteiger partial charge in [0.1, 0.15) is 11.9 Å². The quantitative estimate of drug-likeness (QED) is 0.794. The highest BCUT2D eigenvalue weighted by Gasteiger charge is 2.18. The summed E-state index contributed by atoms with van der Waals surface area (Å²) in [5, 5.41) is 10.2. The molecule has 0 fully saturated rings. The van der Waals surface area contributed by atoms with Gasteiger partial charge >= 0.3 is 0 Å². The number of aliphatic hydroxyl groups is 1. The van der Waals surface area contributed by atoms with Crippen molar-refractivity contribution in [1.82, 2.24) is 0 Å². The third kappa shape index (κ3) is 2.62. The van der Waals surface area contributed by atoms with Crippen LogP contribution in [0, 0.1) is 12.7 Å². The maximum Gasteiger partial charge on any atom is 0.137 e. The second-order valence-corrected chi connectivity index (χ2v) is 6.53. The molecule has 0 saturated heterocycles. The number of benzene rings is 1. The van der Waals surface area contributed by atoms with Crippen LogP contribution in [0.15, 0.2) is 33.2 Å². The van der Waals surface area contributed by atoms with Gasteiger partial charge in [0, 0.05) is 19.8 Å². The van der Waals surface area contributed by atoms with Crippen LogP contribution in [-0.2, 0) is 0 Å². The minimum atomic E-state index is -0.810. The Balaban J connectivity index is 2.43. The minimum absolute atomic E-state index is 0.315. The van der Waals surface area contributed by atoms with Crippen LogP contribution in [-0.4, -0.2) is 5.11 Å². The molecule has 90 valence electrons. The van der Waals surface area contributed by atoms with Crippen LogP contribution in [0.5, 0.6) is 0 Å². The van der Waals surface area contributed by atoms with Crippen LogP contribution in [0.25, 0.3) is 0 Å². The Kier molecular flexibility index (Phi) is 4.02. The maximum atomic E-state index is 13.4. The van der Waals surface area contributed by atoms with Crippen molar-refractivity contribution in [2.75, 3.05) is 0 Å². The summed E-state index contributed by atoms with van der Waals surface area (Å²) in [5.41, 5.74) is 0.541. The highest BCUT2D eigenvalue weighted by Crippen LogP contribution is 2.36. The van der Waals surface area contributed by atoms with Gasteiger partial charge < -0.3 is 5.11 Å². The van der Waals surface area contributed by atoms with Gasteiger partial charge in [-0.1, -0.05) is 12.1 Å². The Morgan fingerprint density at radius 1 is 1.35 bits per heavy atom. The molecule has 0 amide bonds. The van der Waals surface area contributed by atoms with Gasteiger partial charge in [0.25, 0.3) is 0 Å². The van der Waals surface area contributed by atoms with E-state index in [2.05, 4.69) is 31.9 Å². The molecule has 1 aromatic heterocycles. The van der Waals surface area contributed by atoms with E-state index in [1.807, 2.05) is 13.0 Å². The number of halogens is 3. The summed E-state index contributed by atoms with van der Waals surface area (Å²) >= 11 is 8.06. The van der Waals surface area contributed by atoms with Crippen molar-refractivity contribution < 1.29 is 9.50 Å². The molecule has 1 atom stereocenters. The molecular weight excluding hydrogens is 371 g/mol. The zero-order valence-electron chi connectivity index (χ0n) is 8.88. The molecule has 2 aromatic rings. The van der Waals surface area contributed by atoms with Crippen LogP contribution in [0.1, 0.15) is 21.4 Å². The average molecular weight is 380 g/mol. The monoisotopic (exact) mass is 378 g/mol. The molecule has 2 rings (SSSR count). The molecule has 0 aliphatic heterocycles. The van der Waals surface area contributed by atoms with E-state index in [4.69, 9.17) is 0 Å². The van der Waals surface area contributed by atoms with Crippen molar-refractivity contribution in [1.29, 1.82) is 0 Å². The molecule has 17 heavy (non-hydrogen) atoms. The lowest BCUT2D eigenvalue weighted by molar-refractivity contribution is 0.222. The third-order valence-electron chi connectivity index (χ3n) is 2.42. The van der Waals surface area contributed by atoms with Crippen LogP contribution in [0.2, 0.25) is 0 Å². The lowest BCUT2D eigenvalue weighted by Gasteiger charge is -2.11. The fourth-order valence-corrected chi connectivity index (χ4v) is 3.55. The summed E-state index contributed by atoms with van der Waals surface area (Å²) in [6, 6.07) is 6.52. The molecule has 1 heterocycles. The molecule has 1 unspecified atom stereocenters. The zero-order valence-corrected chi connectivity index (χ0v) is 12.9. The average Bonchev–Trinajstić information content (AvgIpc) is 2.62. The minimum Gasteiger partial charge on any atom is -0.383 e. The summed E-state index contributed by atoms with van der Waals surface area (Å²) in [6.45, 7) is 1.96. The molecule has 0 bridgehead atoms. The first kappa shape index (κ1) is 13.2. The van der Waals surface area contributed by atoms with Gasteiger partial charge in [-0.3, -0.25) is 0 Å². The number of aliphatic hydroxyl groups excluding tert-OH is 1. The first-order chi connectivity index (χ1) is 8.00. The van der Waals surface area contributed by atoms with Crippen molar-refractivity contribution in [3.8, 4) is 0 Å². The van der Waals surface area contributed by atoms with Crippen molar-refractivity contribution >= 4 is 43.2 Å². The van der Waals surface area contributed by atoms with E-state index in [1.165, 1.54) is 17.4 Å². The molecule has 0 radical (unpaired) electrons. The van der Waals surface area contributed by atoms with E-state index in [1.54, 1.807) is 12.1 Å². The van der Waals surface area contributed by atoms with Gasteiger partial charge in [-0.05, 0) is 50.9 Å². The molecule has 5 heteroatoms. The smallest absolute Gasteiger partial charge is 0.137 e. The Morgan fingerprint density at radius 3 is 2.65 bits per heavy atom. The van der Waals surface area contributed by atoms with Gasteiger partial charge in [0.05, 0.1) is 4.47 Å². The Morgan fingerprint density at radius 2 is 2.06 bits per heavy atom. The van der Waals surface area contributed by atoms with Crippen molar-refractivity contribution in [3.63, 3.8) is 0 Å². The Hall–Kier alpha value is -0.230. The van der Waals surface area contributed by atoms with E-state index in [0.717, 1.165) is 14.2 Å². The van der Waals surface area contributed by atoms with Gasteiger partial charge in [-0.2, -0.15) is 0 Å². The molecule has 1 nitrogen and oxygen atoms in total. The first-order valence-corrected chi connectivity index (χ1v) is 7.28. The second kappa shape index (κ2) is 5.18. The van der Waals surface area contributed by atoms with Gasteiger partial charge in [-0.25, -0.2) is 4.39 Å². The molecule has 0 aliphatic rings. The number of hydrogen-bond acceptors (Lipinski definition) is 2. The van der Waals surface area contributed by atoms with Gasteiger partial charge in [0.15, 0.2) is 0 Å². The Bertz CT molecular complexity index is 534. The van der Waals surface area contributed by atoms with Crippen LogP contribution < -0.4 is 0 Å². The van der Waals surface area contributed by atoms with E-state index < -0.39 is 6.10 Å². The molecule has 0 saturated carbocycles. The second-order valence-electron chi connectivity index (χ2n) is 3.60.